The zero-order valence-corrected chi connectivity index (χ0v) is 15.8. The Kier molecular flexibility index (Phi) is 4.94. The molecule has 0 atom stereocenters. The van der Waals surface area contributed by atoms with Crippen LogP contribution in [0.25, 0.3) is 11.0 Å². The number of nitrogens with zero attached hydrogens (tertiary/aromatic N) is 2. The number of nitrogens with one attached hydrogen (secondary N) is 1. The molecule has 1 saturated heterocycles. The second-order valence-corrected chi connectivity index (χ2v) is 7.19. The molecule has 29 heavy (non-hydrogen) atoms. The molecule has 8 heteroatoms. The Morgan fingerprint density at radius 2 is 1.90 bits per heavy atom. The number of hydrogen-bond acceptors (Lipinski definition) is 3. The van der Waals surface area contributed by atoms with Crippen molar-refractivity contribution in [2.45, 2.75) is 32.0 Å². The van der Waals surface area contributed by atoms with Gasteiger partial charge in [-0.3, -0.25) is 4.79 Å². The summed E-state index contributed by atoms with van der Waals surface area (Å²) in [4.78, 5) is 20.3. The summed E-state index contributed by atoms with van der Waals surface area (Å²) in [6.45, 7) is 3.05. The van der Waals surface area contributed by atoms with E-state index in [1.807, 2.05) is 31.2 Å². The van der Waals surface area contributed by atoms with E-state index in [1.165, 1.54) is 18.2 Å². The third kappa shape index (κ3) is 4.06. The Morgan fingerprint density at radius 1 is 1.17 bits per heavy atom. The predicted molar refractivity (Wildman–Crippen MR) is 102 cm³/mol. The number of piperidine rings is 1. The third-order valence-electron chi connectivity index (χ3n) is 5.11. The number of H-pyrrole nitrogens is 1. The summed E-state index contributed by atoms with van der Waals surface area (Å²) in [7, 11) is 0. The Bertz CT molecular complexity index is 1040. The fourth-order valence-corrected chi connectivity index (χ4v) is 3.50. The first-order chi connectivity index (χ1) is 13.8. The molecule has 1 fully saturated rings. The number of benzene rings is 2. The van der Waals surface area contributed by atoms with E-state index in [-0.39, 0.29) is 23.0 Å². The molecule has 152 valence electrons. The minimum Gasteiger partial charge on any atom is -0.490 e. The van der Waals surface area contributed by atoms with Gasteiger partial charge in [0, 0.05) is 31.5 Å². The summed E-state index contributed by atoms with van der Waals surface area (Å²) in [5.74, 6) is -0.418. The maximum atomic E-state index is 12.8. The van der Waals surface area contributed by atoms with E-state index in [9.17, 15) is 18.0 Å². The summed E-state index contributed by atoms with van der Waals surface area (Å²) in [6, 6.07) is 12.2. The molecule has 0 aliphatic carbocycles. The number of imidazole rings is 1. The molecule has 0 saturated carbocycles. The van der Waals surface area contributed by atoms with Crippen LogP contribution >= 0.6 is 0 Å². The number of alkyl halides is 3. The van der Waals surface area contributed by atoms with Gasteiger partial charge in [0.15, 0.2) is 0 Å². The molecule has 2 heterocycles. The zero-order valence-electron chi connectivity index (χ0n) is 15.8. The summed E-state index contributed by atoms with van der Waals surface area (Å²) in [6.07, 6.45) is -3.12. The highest BCUT2D eigenvalue weighted by molar-refractivity contribution is 5.97. The van der Waals surface area contributed by atoms with Gasteiger partial charge < -0.3 is 14.6 Å². The molecular weight excluding hydrogens is 383 g/mol. The Labute approximate surface area is 165 Å². The minimum atomic E-state index is -4.55. The average molecular weight is 403 g/mol. The van der Waals surface area contributed by atoms with Gasteiger partial charge >= 0.3 is 6.18 Å². The zero-order chi connectivity index (χ0) is 20.6. The van der Waals surface area contributed by atoms with Crippen LogP contribution in [0, 0.1) is 6.92 Å². The van der Waals surface area contributed by atoms with E-state index in [0.29, 0.717) is 31.5 Å². The first kappa shape index (κ1) is 19.3. The first-order valence-corrected chi connectivity index (χ1v) is 9.40. The number of carbonyl (C=O) groups excluding carboxylic acids is 1. The molecule has 4 rings (SSSR count). The predicted octanol–water partition coefficient (Wildman–Crippen LogP) is 4.57. The lowest BCUT2D eigenvalue weighted by Crippen LogP contribution is -2.41. The molecule has 0 spiro atoms. The number of fused-ring (bicyclic) bond motifs is 1. The quantitative estimate of drug-likeness (QED) is 0.697. The van der Waals surface area contributed by atoms with Gasteiger partial charge in [-0.25, -0.2) is 4.98 Å². The standard InChI is InChI=1S/C21H20F3N3O2/c1-13-4-2-3-5-18(13)29-15-8-10-27(11-9-15)19(28)14-6-7-16-17(12-14)26-20(25-16)21(22,23)24/h2-7,12,15H,8-11H2,1H3,(H,25,26). The van der Waals surface area contributed by atoms with E-state index in [0.717, 1.165) is 11.3 Å². The number of carbonyl (C=O) groups is 1. The molecule has 1 aromatic heterocycles. The SMILES string of the molecule is Cc1ccccc1OC1CCN(C(=O)c2ccc3nc(C(F)(F)F)[nH]c3c2)CC1. The monoisotopic (exact) mass is 403 g/mol. The van der Waals surface area contributed by atoms with Crippen LogP contribution in [0.1, 0.15) is 34.6 Å². The molecule has 2 aromatic carbocycles. The number of aromatic nitrogens is 2. The number of hydrogen-bond donors (Lipinski definition) is 1. The summed E-state index contributed by atoms with van der Waals surface area (Å²) in [5.41, 5.74) is 1.78. The highest BCUT2D eigenvalue weighted by Gasteiger charge is 2.35. The molecule has 1 amide bonds. The second-order valence-electron chi connectivity index (χ2n) is 7.19. The maximum absolute atomic E-state index is 12.8. The van der Waals surface area contributed by atoms with Crippen molar-refractivity contribution in [1.29, 1.82) is 0 Å². The number of halogens is 3. The van der Waals surface area contributed by atoms with Crippen LogP contribution in [0.2, 0.25) is 0 Å². The largest absolute Gasteiger partial charge is 0.490 e. The smallest absolute Gasteiger partial charge is 0.449 e. The van der Waals surface area contributed by atoms with E-state index in [4.69, 9.17) is 4.74 Å². The number of ether oxygens (including phenoxy) is 1. The number of aromatic amines is 1. The van der Waals surface area contributed by atoms with Crippen molar-refractivity contribution < 1.29 is 22.7 Å². The van der Waals surface area contributed by atoms with E-state index in [1.54, 1.807) is 4.90 Å². The van der Waals surface area contributed by atoms with E-state index < -0.39 is 12.0 Å². The van der Waals surface area contributed by atoms with Gasteiger partial charge in [-0.15, -0.1) is 0 Å². The van der Waals surface area contributed by atoms with Gasteiger partial charge in [0.05, 0.1) is 11.0 Å². The van der Waals surface area contributed by atoms with Crippen LogP contribution in [0.15, 0.2) is 42.5 Å². The summed E-state index contributed by atoms with van der Waals surface area (Å²) in [5, 5.41) is 0. The molecule has 1 aliphatic rings. The normalized spacial score (nSPS) is 15.7. The summed E-state index contributed by atoms with van der Waals surface area (Å²) < 4.78 is 44.5. The van der Waals surface area contributed by atoms with Crippen LogP contribution in [-0.2, 0) is 6.18 Å². The van der Waals surface area contributed by atoms with Gasteiger partial charge in [-0.2, -0.15) is 13.2 Å². The van der Waals surface area contributed by atoms with Gasteiger partial charge in [0.1, 0.15) is 11.9 Å². The van der Waals surface area contributed by atoms with Crippen LogP contribution in [-0.4, -0.2) is 40.0 Å². The number of aryl methyl sites for hydroxylation is 1. The molecule has 0 radical (unpaired) electrons. The van der Waals surface area contributed by atoms with Crippen LogP contribution < -0.4 is 4.74 Å². The average Bonchev–Trinajstić information content (AvgIpc) is 3.14. The maximum Gasteiger partial charge on any atom is 0.449 e. The lowest BCUT2D eigenvalue weighted by atomic mass is 10.1. The van der Waals surface area contributed by atoms with Crippen molar-refractivity contribution in [1.82, 2.24) is 14.9 Å². The lowest BCUT2D eigenvalue weighted by molar-refractivity contribution is -0.144. The van der Waals surface area contributed by atoms with Gasteiger partial charge in [0.25, 0.3) is 5.91 Å². The summed E-state index contributed by atoms with van der Waals surface area (Å²) >= 11 is 0. The Morgan fingerprint density at radius 3 is 2.59 bits per heavy atom. The van der Waals surface area contributed by atoms with Gasteiger partial charge in [-0.05, 0) is 36.8 Å². The number of para-hydroxylation sites is 1. The highest BCUT2D eigenvalue weighted by Crippen LogP contribution is 2.29. The fourth-order valence-electron chi connectivity index (χ4n) is 3.50. The van der Waals surface area contributed by atoms with Crippen molar-refractivity contribution >= 4 is 16.9 Å². The minimum absolute atomic E-state index is 0.0320. The van der Waals surface area contributed by atoms with Gasteiger partial charge in [0.2, 0.25) is 5.82 Å². The molecule has 0 unspecified atom stereocenters. The van der Waals surface area contributed by atoms with Crippen molar-refractivity contribution in [3.8, 4) is 5.75 Å². The van der Waals surface area contributed by atoms with Crippen LogP contribution in [0.5, 0.6) is 5.75 Å². The Hall–Kier alpha value is -3.03. The highest BCUT2D eigenvalue weighted by atomic mass is 19.4. The van der Waals surface area contributed by atoms with Crippen molar-refractivity contribution in [2.75, 3.05) is 13.1 Å². The molecule has 3 aromatic rings. The fraction of sp³-hybridized carbons (Fsp3) is 0.333. The topological polar surface area (TPSA) is 58.2 Å². The number of amides is 1. The molecule has 0 bridgehead atoms. The molecule has 1 N–H and O–H groups in total. The Balaban J connectivity index is 1.42. The van der Waals surface area contributed by atoms with E-state index in [2.05, 4.69) is 9.97 Å². The van der Waals surface area contributed by atoms with Crippen molar-refractivity contribution in [3.63, 3.8) is 0 Å². The number of likely N-dealkylation sites (tertiary alicyclic amines) is 1. The van der Waals surface area contributed by atoms with E-state index >= 15 is 0 Å². The van der Waals surface area contributed by atoms with Crippen LogP contribution in [0.4, 0.5) is 13.2 Å². The molecule has 1 aliphatic heterocycles. The lowest BCUT2D eigenvalue weighted by Gasteiger charge is -2.32. The first-order valence-electron chi connectivity index (χ1n) is 9.40. The third-order valence-corrected chi connectivity index (χ3v) is 5.11. The van der Waals surface area contributed by atoms with Crippen molar-refractivity contribution in [3.05, 3.63) is 59.4 Å². The van der Waals surface area contributed by atoms with Gasteiger partial charge in [-0.1, -0.05) is 18.2 Å². The second kappa shape index (κ2) is 7.42. The number of rotatable bonds is 3. The molecular formula is C21H20F3N3O2. The van der Waals surface area contributed by atoms with Crippen LogP contribution in [0.3, 0.4) is 0 Å². The van der Waals surface area contributed by atoms with Crippen molar-refractivity contribution in [2.24, 2.45) is 0 Å². The molecule has 5 nitrogen and oxygen atoms in total.